The predicted octanol–water partition coefficient (Wildman–Crippen LogP) is 5.99. The van der Waals surface area contributed by atoms with Crippen molar-refractivity contribution >= 4 is 25.0 Å². The van der Waals surface area contributed by atoms with Gasteiger partial charge in [-0.25, -0.2) is 0 Å². The van der Waals surface area contributed by atoms with Crippen LogP contribution in [0, 0.1) is 0 Å². The van der Waals surface area contributed by atoms with Gasteiger partial charge in [-0.1, -0.05) is 118 Å². The molecule has 0 aliphatic rings. The van der Waals surface area contributed by atoms with Gasteiger partial charge in [0.05, 0.1) is 0 Å². The Balaban J connectivity index is 2.03. The number of allylic oxidation sites excluding steroid dienone is 6. The first kappa shape index (κ1) is 24.8. The number of rotatable bonds is 12. The topological polar surface area (TPSA) is 26.3 Å². The van der Waals surface area contributed by atoms with Crippen LogP contribution >= 0.6 is 0 Å². The van der Waals surface area contributed by atoms with E-state index >= 15 is 0 Å². The Morgan fingerprint density at radius 3 is 1.74 bits per heavy atom. The van der Waals surface area contributed by atoms with Crippen molar-refractivity contribution < 1.29 is 9.22 Å². The normalized spacial score (nSPS) is 12.9. The third-order valence-corrected chi connectivity index (χ3v) is 10.3. The molecule has 2 rings (SSSR count). The second-order valence-corrected chi connectivity index (χ2v) is 12.9. The maximum atomic E-state index is 10.3. The molecule has 31 heavy (non-hydrogen) atoms. The highest BCUT2D eigenvalue weighted by molar-refractivity contribution is 6.99. The van der Waals surface area contributed by atoms with Crippen LogP contribution in [0.3, 0.4) is 0 Å². The van der Waals surface area contributed by atoms with Crippen molar-refractivity contribution in [3.8, 4) is 0 Å². The van der Waals surface area contributed by atoms with Gasteiger partial charge in [0, 0.05) is 13.0 Å². The summed E-state index contributed by atoms with van der Waals surface area (Å²) in [6.07, 6.45) is 16.6. The fourth-order valence-electron chi connectivity index (χ4n) is 3.83. The van der Waals surface area contributed by atoms with Gasteiger partial charge in [-0.05, 0) is 34.7 Å². The van der Waals surface area contributed by atoms with Gasteiger partial charge in [-0.15, -0.1) is 0 Å². The fourth-order valence-corrected chi connectivity index (χ4v) is 8.44. The lowest BCUT2D eigenvalue weighted by Gasteiger charge is -2.43. The molecule has 0 amide bonds. The Bertz CT molecular complexity index is 806. The molecule has 0 spiro atoms. The van der Waals surface area contributed by atoms with Crippen LogP contribution in [0.2, 0.25) is 5.04 Å². The zero-order valence-electron chi connectivity index (χ0n) is 19.2. The number of unbranched alkanes of at least 4 members (excludes halogenated alkanes) is 2. The highest BCUT2D eigenvalue weighted by Gasteiger charge is 2.49. The van der Waals surface area contributed by atoms with Crippen LogP contribution in [0.4, 0.5) is 0 Å². The summed E-state index contributed by atoms with van der Waals surface area (Å²) in [5.41, 5.74) is 0. The molecule has 0 fully saturated rings. The van der Waals surface area contributed by atoms with Gasteiger partial charge in [0.1, 0.15) is 6.29 Å². The summed E-state index contributed by atoms with van der Waals surface area (Å²) in [7, 11) is -2.42. The van der Waals surface area contributed by atoms with Crippen LogP contribution < -0.4 is 10.4 Å². The Labute approximate surface area is 189 Å². The molecule has 0 unspecified atom stereocenters. The Morgan fingerprint density at radius 1 is 0.742 bits per heavy atom. The first-order chi connectivity index (χ1) is 15.0. The minimum atomic E-state index is -2.42. The maximum Gasteiger partial charge on any atom is 0.261 e. The van der Waals surface area contributed by atoms with Crippen molar-refractivity contribution in [1.82, 2.24) is 0 Å². The molecule has 0 aliphatic carbocycles. The lowest BCUT2D eigenvalue weighted by Crippen LogP contribution is -2.66. The van der Waals surface area contributed by atoms with Crippen LogP contribution in [0.5, 0.6) is 0 Å². The lowest BCUT2D eigenvalue weighted by atomic mass is 10.2. The molecule has 0 saturated carbocycles. The highest BCUT2D eigenvalue weighted by Crippen LogP contribution is 2.36. The molecule has 0 saturated heterocycles. The molecule has 2 aromatic carbocycles. The van der Waals surface area contributed by atoms with E-state index in [-0.39, 0.29) is 5.04 Å². The summed E-state index contributed by atoms with van der Waals surface area (Å²) in [6, 6.07) is 21.6. The second-order valence-electron chi connectivity index (χ2n) is 8.64. The van der Waals surface area contributed by atoms with E-state index in [1.54, 1.807) is 0 Å². The monoisotopic (exact) mass is 432 g/mol. The van der Waals surface area contributed by atoms with Crippen LogP contribution in [0.15, 0.2) is 97.1 Å². The largest absolute Gasteiger partial charge is 0.407 e. The molecule has 0 N–H and O–H groups in total. The summed E-state index contributed by atoms with van der Waals surface area (Å²) in [5.74, 6) is 0. The third-order valence-electron chi connectivity index (χ3n) is 5.31. The molecule has 0 aliphatic heterocycles. The summed E-state index contributed by atoms with van der Waals surface area (Å²) < 4.78 is 6.90. The van der Waals surface area contributed by atoms with Crippen molar-refractivity contribution in [2.45, 2.75) is 51.5 Å². The number of hydrogen-bond acceptors (Lipinski definition) is 2. The van der Waals surface area contributed by atoms with Crippen molar-refractivity contribution in [2.75, 3.05) is 6.61 Å². The molecular formula is C28H36O2Si. The third kappa shape index (κ3) is 7.30. The fraction of sp³-hybridized carbons (Fsp3) is 0.321. The van der Waals surface area contributed by atoms with Crippen molar-refractivity contribution in [3.63, 3.8) is 0 Å². The summed E-state index contributed by atoms with van der Waals surface area (Å²) >= 11 is 0. The van der Waals surface area contributed by atoms with Crippen LogP contribution in [-0.2, 0) is 9.22 Å². The van der Waals surface area contributed by atoms with E-state index in [1.807, 2.05) is 24.3 Å². The van der Waals surface area contributed by atoms with Crippen molar-refractivity contribution in [3.05, 3.63) is 97.1 Å². The van der Waals surface area contributed by atoms with E-state index in [1.165, 1.54) is 10.4 Å². The molecule has 2 nitrogen and oxygen atoms in total. The number of carbonyl (C=O) groups excluding carboxylic acids is 1. The van der Waals surface area contributed by atoms with Crippen LogP contribution in [0.1, 0.15) is 46.5 Å². The van der Waals surface area contributed by atoms with E-state index < -0.39 is 8.32 Å². The van der Waals surface area contributed by atoms with E-state index in [9.17, 15) is 4.79 Å². The van der Waals surface area contributed by atoms with Crippen LogP contribution in [0.25, 0.3) is 0 Å². The number of carbonyl (C=O) groups is 1. The first-order valence-electron chi connectivity index (χ1n) is 11.2. The molecule has 0 radical (unpaired) electrons. The quantitative estimate of drug-likeness (QED) is 0.178. The molecule has 0 aromatic heterocycles. The molecule has 0 atom stereocenters. The SMILES string of the molecule is CC(C)(C)[Si](OCCC/C=C/C=C/C=C/CCC=O)(c1ccccc1)c1ccccc1. The van der Waals surface area contributed by atoms with Gasteiger partial charge in [0.15, 0.2) is 0 Å². The van der Waals surface area contributed by atoms with E-state index in [2.05, 4.69) is 93.6 Å². The van der Waals surface area contributed by atoms with Gasteiger partial charge in [-0.3, -0.25) is 0 Å². The van der Waals surface area contributed by atoms with Crippen LogP contribution in [-0.4, -0.2) is 21.2 Å². The second kappa shape index (κ2) is 13.0. The molecular weight excluding hydrogens is 396 g/mol. The van der Waals surface area contributed by atoms with Gasteiger partial charge < -0.3 is 9.22 Å². The van der Waals surface area contributed by atoms with E-state index in [4.69, 9.17) is 4.43 Å². The zero-order valence-corrected chi connectivity index (χ0v) is 20.2. The summed E-state index contributed by atoms with van der Waals surface area (Å²) in [5, 5.41) is 2.67. The average molecular weight is 433 g/mol. The van der Waals surface area contributed by atoms with Crippen molar-refractivity contribution in [1.29, 1.82) is 0 Å². The Hall–Kier alpha value is -2.49. The van der Waals surface area contributed by atoms with E-state index in [0.717, 1.165) is 32.2 Å². The Kier molecular flexibility index (Phi) is 10.4. The first-order valence-corrected chi connectivity index (χ1v) is 13.1. The van der Waals surface area contributed by atoms with Gasteiger partial charge >= 0.3 is 0 Å². The number of aldehydes is 1. The Morgan fingerprint density at radius 2 is 1.26 bits per heavy atom. The molecule has 0 heterocycles. The lowest BCUT2D eigenvalue weighted by molar-refractivity contribution is -0.107. The van der Waals surface area contributed by atoms with Gasteiger partial charge in [0.2, 0.25) is 0 Å². The molecule has 0 bridgehead atoms. The minimum Gasteiger partial charge on any atom is -0.407 e. The molecule has 164 valence electrons. The number of hydrogen-bond donors (Lipinski definition) is 0. The van der Waals surface area contributed by atoms with Crippen molar-refractivity contribution in [2.24, 2.45) is 0 Å². The molecule has 3 heteroatoms. The average Bonchev–Trinajstić information content (AvgIpc) is 2.77. The van der Waals surface area contributed by atoms with Gasteiger partial charge in [0.25, 0.3) is 8.32 Å². The minimum absolute atomic E-state index is 0.0183. The highest BCUT2D eigenvalue weighted by atomic mass is 28.4. The number of benzene rings is 2. The zero-order chi connectivity index (χ0) is 22.4. The maximum absolute atomic E-state index is 10.3. The summed E-state index contributed by atoms with van der Waals surface area (Å²) in [4.78, 5) is 10.3. The predicted molar refractivity (Wildman–Crippen MR) is 136 cm³/mol. The summed E-state index contributed by atoms with van der Waals surface area (Å²) in [6.45, 7) is 7.68. The standard InChI is InChI=1S/C28H36O2Si/c1-28(2,3)31(26-20-14-12-15-21-26,27-22-16-13-17-23-27)30-25-19-11-9-7-5-4-6-8-10-18-24-29/h4-9,12-17,20-24H,10-11,18-19,25H2,1-3H3/b5-4+,8-6+,9-7+. The molecule has 2 aromatic rings. The van der Waals surface area contributed by atoms with E-state index in [0.29, 0.717) is 6.42 Å². The van der Waals surface area contributed by atoms with Gasteiger partial charge in [-0.2, -0.15) is 0 Å². The smallest absolute Gasteiger partial charge is 0.261 e.